The first-order chi connectivity index (χ1) is 47.9. The second-order valence-electron chi connectivity index (χ2n) is 28.1. The van der Waals surface area contributed by atoms with Gasteiger partial charge in [-0.1, -0.05) is 82.7 Å². The summed E-state index contributed by atoms with van der Waals surface area (Å²) in [5, 5.41) is 20.0. The van der Waals surface area contributed by atoms with Crippen LogP contribution in [0.5, 0.6) is 0 Å². The third kappa shape index (κ3) is 21.8. The number of aliphatic hydroxyl groups is 1. The van der Waals surface area contributed by atoms with E-state index in [2.05, 4.69) is 16.0 Å². The first-order valence-electron chi connectivity index (χ1n) is 35.3. The largest absolute Gasteiger partial charge is 0.422 e. The van der Waals surface area contributed by atoms with E-state index in [1.807, 2.05) is 6.92 Å². The van der Waals surface area contributed by atoms with Gasteiger partial charge in [-0.15, -0.1) is 0 Å². The minimum absolute atomic E-state index is 0.0739. The molecule has 0 aromatic heterocycles. The van der Waals surface area contributed by atoms with Gasteiger partial charge in [-0.2, -0.15) is 13.2 Å². The second-order valence-corrected chi connectivity index (χ2v) is 28.1. The molecule has 6 rings (SSSR count). The number of rotatable bonds is 12. The highest BCUT2D eigenvalue weighted by molar-refractivity contribution is 5.97. The molecule has 11 amide bonds. The molecule has 0 radical (unpaired) electrons. The SMILES string of the molecule is CCC[C@H]1C(=O)N[C@@H]([C@@H](C)CC)C(=O)N(C)CC(=O)N(C)CC(=O)N(C)[C@@H](Cc2ccc(C)cc2)C(=O)N(C)CC(=O)N[C@@H](CCc2cc(F)c(C(F)(F)F)c(F)c2)C(=O)N2CC(F)(F)C[C@H]2C(=O)NCCCCC(=O)N(C)[C@@H](C2CCCCC2)C(=O)N(C)[C@H](C(O)N2CCCC2)CC(=O)N1C. The van der Waals surface area contributed by atoms with Gasteiger partial charge in [0.25, 0.3) is 5.92 Å². The number of carbonyl (C=O) groups is 11. The van der Waals surface area contributed by atoms with Gasteiger partial charge in [0.2, 0.25) is 65.0 Å². The summed E-state index contributed by atoms with van der Waals surface area (Å²) in [6, 6.07) is -2.33. The van der Waals surface area contributed by atoms with E-state index in [9.17, 15) is 75.0 Å². The van der Waals surface area contributed by atoms with Crippen LogP contribution in [0.15, 0.2) is 36.4 Å². The molecule has 3 aliphatic heterocycles. The molecule has 9 atom stereocenters. The molecule has 1 aliphatic carbocycles. The van der Waals surface area contributed by atoms with Crippen LogP contribution in [-0.4, -0.2) is 264 Å². The maximum Gasteiger partial charge on any atom is 0.422 e. The van der Waals surface area contributed by atoms with E-state index in [0.717, 1.165) is 57.3 Å². The van der Waals surface area contributed by atoms with Crippen LogP contribution in [0.4, 0.5) is 30.7 Å². The summed E-state index contributed by atoms with van der Waals surface area (Å²) in [5.74, 6) is -17.5. The number of fused-ring (bicyclic) bond motifs is 1. The molecule has 3 saturated heterocycles. The van der Waals surface area contributed by atoms with Gasteiger partial charge in [0.1, 0.15) is 59.7 Å². The molecule has 1 saturated carbocycles. The van der Waals surface area contributed by atoms with Crippen LogP contribution < -0.4 is 16.0 Å². The minimum Gasteiger partial charge on any atom is -0.376 e. The monoisotopic (exact) mass is 1450 g/mol. The molecule has 1 unspecified atom stereocenters. The van der Waals surface area contributed by atoms with Crippen molar-refractivity contribution >= 4 is 65.0 Å². The third-order valence-corrected chi connectivity index (χ3v) is 20.5. The third-order valence-electron chi connectivity index (χ3n) is 20.5. The number of hydrogen-bond acceptors (Lipinski definition) is 13. The number of alkyl halides is 5. The van der Waals surface area contributed by atoms with Crippen LogP contribution in [0.3, 0.4) is 0 Å². The number of likely N-dealkylation sites (tertiary alicyclic amines) is 1. The predicted octanol–water partition coefficient (Wildman–Crippen LogP) is 4.89. The van der Waals surface area contributed by atoms with Crippen LogP contribution in [0.2, 0.25) is 0 Å². The molecular weight excluding hydrogens is 1350 g/mol. The topological polar surface area (TPSA) is 273 Å². The van der Waals surface area contributed by atoms with E-state index in [4.69, 9.17) is 0 Å². The highest BCUT2D eigenvalue weighted by atomic mass is 19.4. The van der Waals surface area contributed by atoms with Crippen molar-refractivity contribution in [1.29, 1.82) is 0 Å². The molecule has 31 heteroatoms. The van der Waals surface area contributed by atoms with Crippen LogP contribution in [0, 0.1) is 30.4 Å². The van der Waals surface area contributed by atoms with Crippen molar-refractivity contribution < 1.29 is 88.6 Å². The number of benzene rings is 2. The molecule has 4 N–H and O–H groups in total. The summed E-state index contributed by atoms with van der Waals surface area (Å²) in [6.45, 7) is 4.30. The lowest BCUT2D eigenvalue weighted by atomic mass is 9.82. The van der Waals surface area contributed by atoms with Crippen molar-refractivity contribution in [2.45, 2.75) is 204 Å². The Bertz CT molecular complexity index is 3280. The number of nitrogens with one attached hydrogen (secondary N) is 3. The summed E-state index contributed by atoms with van der Waals surface area (Å²) in [5.41, 5.74) is -1.25. The molecule has 4 fully saturated rings. The molecule has 2 aromatic rings. The standard InChI is InChI=1S/C71H103F7N12O12/c1-12-21-51-64(97)81-61(44(4)13-2)68(101)84(7)40-58(94)82(5)41-59(95)86(9)52(36-45-27-25-43(3)26-28-45)66(99)83(6)39-55(91)80-50(30-29-46-34-48(72)60(49(73)35-46)71(76,77)78)65(98)90-42-70(74,75)38-54(90)63(96)79-31-18-17-24-56(92)88(11)62(47-22-15-14-16-23-47)69(102)87(10)53(37-57(93)85(51)8)67(100)89-32-19-20-33-89/h25-28,34-35,44,47,50-54,61-62,67,100H,12-24,29-33,36-42H2,1-11H3,(H,79,96)(H,80,91)(H,81,97)/t44-,50-,51-,52-,53-,54-,61-,62-,67?/m0/s1. The molecule has 4 aliphatic rings. The smallest absolute Gasteiger partial charge is 0.376 e. The van der Waals surface area contributed by atoms with Gasteiger partial charge in [-0.3, -0.25) is 57.6 Å². The molecule has 3 heterocycles. The Hall–Kier alpha value is -7.96. The average molecular weight is 1450 g/mol. The maximum absolute atomic E-state index is 15.6. The number of carbonyl (C=O) groups excluding carboxylic acids is 11. The number of halogens is 7. The Morgan fingerprint density at radius 1 is 0.627 bits per heavy atom. The van der Waals surface area contributed by atoms with Crippen molar-refractivity contribution in [2.24, 2.45) is 11.8 Å². The Kier molecular flexibility index (Phi) is 30.1. The molecule has 102 heavy (non-hydrogen) atoms. The Balaban J connectivity index is 1.37. The van der Waals surface area contributed by atoms with Gasteiger partial charge in [-0.05, 0) is 99.8 Å². The van der Waals surface area contributed by atoms with Gasteiger partial charge in [-0.25, -0.2) is 17.6 Å². The van der Waals surface area contributed by atoms with Crippen molar-refractivity contribution in [3.63, 3.8) is 0 Å². The first kappa shape index (κ1) is 83.0. The van der Waals surface area contributed by atoms with Crippen LogP contribution in [-0.2, 0) is 71.8 Å². The van der Waals surface area contributed by atoms with Crippen LogP contribution in [0.25, 0.3) is 0 Å². The predicted molar refractivity (Wildman–Crippen MR) is 362 cm³/mol. The summed E-state index contributed by atoms with van der Waals surface area (Å²) in [6.07, 6.45) is -4.10. The van der Waals surface area contributed by atoms with E-state index >= 15 is 13.6 Å². The number of aryl methyl sites for hydroxylation is 2. The normalized spacial score (nSPS) is 25.6. The van der Waals surface area contributed by atoms with Gasteiger partial charge >= 0.3 is 6.18 Å². The van der Waals surface area contributed by atoms with E-state index in [1.165, 1.54) is 64.0 Å². The summed E-state index contributed by atoms with van der Waals surface area (Å²) >= 11 is 0. The van der Waals surface area contributed by atoms with Crippen LogP contribution in [0.1, 0.15) is 146 Å². The van der Waals surface area contributed by atoms with Crippen molar-refractivity contribution in [1.82, 2.24) is 60.0 Å². The van der Waals surface area contributed by atoms with Crippen molar-refractivity contribution in [3.05, 3.63) is 70.3 Å². The fourth-order valence-electron chi connectivity index (χ4n) is 13.9. The quantitative estimate of drug-likeness (QED) is 0.207. The zero-order valence-electron chi connectivity index (χ0n) is 60.5. The van der Waals surface area contributed by atoms with Crippen molar-refractivity contribution in [3.8, 4) is 0 Å². The molecule has 2 aromatic carbocycles. The minimum atomic E-state index is -5.45. The fraction of sp³-hybridized carbons (Fsp3) is 0.676. The molecule has 24 nitrogen and oxygen atoms in total. The maximum atomic E-state index is 15.6. The van der Waals surface area contributed by atoms with E-state index in [0.29, 0.717) is 61.4 Å². The fourth-order valence-corrected chi connectivity index (χ4v) is 13.9. The first-order valence-corrected chi connectivity index (χ1v) is 35.3. The number of aliphatic hydroxyl groups excluding tert-OH is 1. The highest BCUT2D eigenvalue weighted by Crippen LogP contribution is 2.37. The van der Waals surface area contributed by atoms with Gasteiger partial charge in [0, 0.05) is 88.2 Å². The Morgan fingerprint density at radius 2 is 1.23 bits per heavy atom. The molecule has 0 spiro atoms. The molecule has 0 bridgehead atoms. The summed E-state index contributed by atoms with van der Waals surface area (Å²) in [7, 11) is 9.45. The lowest BCUT2D eigenvalue weighted by molar-refractivity contribution is -0.154. The van der Waals surface area contributed by atoms with Gasteiger partial charge < -0.3 is 60.3 Å². The van der Waals surface area contributed by atoms with Crippen LogP contribution >= 0.6 is 0 Å². The second kappa shape index (κ2) is 37.0. The Labute approximate surface area is 592 Å². The lowest BCUT2D eigenvalue weighted by Crippen LogP contribution is -2.60. The van der Waals surface area contributed by atoms with E-state index in [1.54, 1.807) is 49.9 Å². The Morgan fingerprint density at radius 3 is 1.82 bits per heavy atom. The van der Waals surface area contributed by atoms with Gasteiger partial charge in [0.15, 0.2) is 0 Å². The highest BCUT2D eigenvalue weighted by Gasteiger charge is 2.52. The number of amides is 11. The zero-order chi connectivity index (χ0) is 75.8. The average Bonchev–Trinajstić information content (AvgIpc) is 1.65. The summed E-state index contributed by atoms with van der Waals surface area (Å²) < 4.78 is 102. The lowest BCUT2D eigenvalue weighted by Gasteiger charge is -2.42. The number of nitrogens with zero attached hydrogens (tertiary/aromatic N) is 9. The zero-order valence-corrected chi connectivity index (χ0v) is 60.5. The van der Waals surface area contributed by atoms with E-state index in [-0.39, 0.29) is 44.6 Å². The van der Waals surface area contributed by atoms with Crippen molar-refractivity contribution in [2.75, 3.05) is 95.1 Å². The van der Waals surface area contributed by atoms with E-state index < -0.39 is 206 Å². The molecular formula is C71H103F7N12O12. The van der Waals surface area contributed by atoms with Gasteiger partial charge in [0.05, 0.1) is 38.6 Å². The summed E-state index contributed by atoms with van der Waals surface area (Å²) in [4.78, 5) is 170. The number of hydrogen-bond donors (Lipinski definition) is 4. The number of likely N-dealkylation sites (N-methyl/N-ethyl adjacent to an activating group) is 7. The molecule has 568 valence electrons.